The maximum absolute atomic E-state index is 11.8. The highest BCUT2D eigenvalue weighted by molar-refractivity contribution is 6.34. The molecule has 5 heteroatoms. The van der Waals surface area contributed by atoms with E-state index in [1.54, 1.807) is 18.2 Å². The standard InChI is InChI=1S/C14H20ClNO3/c1-10(2)6-7-18-8-9-19-14(17)13-11(15)4-3-5-12(13)16/h3-5,10H,6-9,16H2,1-2H3. The molecule has 19 heavy (non-hydrogen) atoms. The van der Waals surface area contributed by atoms with Gasteiger partial charge < -0.3 is 15.2 Å². The first-order valence-electron chi connectivity index (χ1n) is 6.31. The van der Waals surface area contributed by atoms with Crippen LogP contribution in [0.15, 0.2) is 18.2 Å². The molecule has 0 saturated heterocycles. The van der Waals surface area contributed by atoms with Crippen molar-refractivity contribution in [2.24, 2.45) is 5.92 Å². The molecule has 2 N–H and O–H groups in total. The van der Waals surface area contributed by atoms with E-state index in [-0.39, 0.29) is 12.2 Å². The van der Waals surface area contributed by atoms with E-state index in [2.05, 4.69) is 13.8 Å². The summed E-state index contributed by atoms with van der Waals surface area (Å²) in [7, 11) is 0. The number of anilines is 1. The predicted molar refractivity (Wildman–Crippen MR) is 76.4 cm³/mol. The zero-order valence-electron chi connectivity index (χ0n) is 11.3. The van der Waals surface area contributed by atoms with Crippen molar-refractivity contribution in [2.45, 2.75) is 20.3 Å². The molecular weight excluding hydrogens is 266 g/mol. The molecule has 0 fully saturated rings. The van der Waals surface area contributed by atoms with E-state index in [1.165, 1.54) is 0 Å². The number of hydrogen-bond acceptors (Lipinski definition) is 4. The SMILES string of the molecule is CC(C)CCOCCOC(=O)c1c(N)cccc1Cl. The van der Waals surface area contributed by atoms with Gasteiger partial charge in [0.25, 0.3) is 0 Å². The predicted octanol–water partition coefficient (Wildman–Crippen LogP) is 3.14. The first-order valence-corrected chi connectivity index (χ1v) is 6.69. The molecule has 1 aromatic carbocycles. The monoisotopic (exact) mass is 285 g/mol. The summed E-state index contributed by atoms with van der Waals surface area (Å²) in [5, 5.41) is 0.297. The topological polar surface area (TPSA) is 61.5 Å². The second kappa shape index (κ2) is 8.02. The lowest BCUT2D eigenvalue weighted by molar-refractivity contribution is 0.0304. The van der Waals surface area contributed by atoms with Crippen LogP contribution in [0.25, 0.3) is 0 Å². The van der Waals surface area contributed by atoms with Crippen LogP contribution in [0, 0.1) is 5.92 Å². The molecule has 0 unspecified atom stereocenters. The van der Waals surface area contributed by atoms with E-state index in [9.17, 15) is 4.79 Å². The Morgan fingerprint density at radius 1 is 1.32 bits per heavy atom. The van der Waals surface area contributed by atoms with Crippen molar-refractivity contribution < 1.29 is 14.3 Å². The van der Waals surface area contributed by atoms with Gasteiger partial charge >= 0.3 is 5.97 Å². The number of nitrogens with two attached hydrogens (primary N) is 1. The molecule has 4 nitrogen and oxygen atoms in total. The van der Waals surface area contributed by atoms with Gasteiger partial charge in [0.05, 0.1) is 11.6 Å². The molecule has 1 aromatic rings. The summed E-state index contributed by atoms with van der Waals surface area (Å²) in [6.07, 6.45) is 0.991. The lowest BCUT2D eigenvalue weighted by Crippen LogP contribution is -2.13. The zero-order valence-corrected chi connectivity index (χ0v) is 12.1. The second-order valence-electron chi connectivity index (χ2n) is 4.63. The molecule has 1 rings (SSSR count). The quantitative estimate of drug-likeness (QED) is 0.475. The van der Waals surface area contributed by atoms with Crippen LogP contribution in [0.3, 0.4) is 0 Å². The molecule has 0 bridgehead atoms. The average Bonchev–Trinajstić information content (AvgIpc) is 2.33. The Balaban J connectivity index is 2.32. The third-order valence-corrected chi connectivity index (χ3v) is 2.87. The maximum atomic E-state index is 11.8. The molecule has 0 heterocycles. The summed E-state index contributed by atoms with van der Waals surface area (Å²) in [6.45, 7) is 5.50. The van der Waals surface area contributed by atoms with Gasteiger partial charge in [-0.2, -0.15) is 0 Å². The number of carbonyl (C=O) groups excluding carboxylic acids is 1. The number of ether oxygens (including phenoxy) is 2. The number of carbonyl (C=O) groups is 1. The van der Waals surface area contributed by atoms with E-state index < -0.39 is 5.97 Å². The molecule has 0 amide bonds. The molecule has 0 aromatic heterocycles. The van der Waals surface area contributed by atoms with Gasteiger partial charge in [-0.3, -0.25) is 0 Å². The summed E-state index contributed by atoms with van der Waals surface area (Å²) < 4.78 is 10.4. The Kier molecular flexibility index (Phi) is 6.67. The molecular formula is C14H20ClNO3. The Bertz CT molecular complexity index is 401. The van der Waals surface area contributed by atoms with Crippen LogP contribution in [0.2, 0.25) is 5.02 Å². The number of nitrogen functional groups attached to an aromatic ring is 1. The summed E-state index contributed by atoms with van der Waals surface area (Å²) in [4.78, 5) is 11.8. The number of rotatable bonds is 7. The van der Waals surface area contributed by atoms with Crippen LogP contribution < -0.4 is 5.73 Å². The van der Waals surface area contributed by atoms with Gasteiger partial charge in [-0.1, -0.05) is 31.5 Å². The molecule has 106 valence electrons. The Labute approximate surface area is 118 Å². The summed E-state index contributed by atoms with van der Waals surface area (Å²) in [5.74, 6) is 0.0843. The maximum Gasteiger partial charge on any atom is 0.341 e. The third-order valence-electron chi connectivity index (χ3n) is 2.55. The minimum absolute atomic E-state index is 0.196. The van der Waals surface area contributed by atoms with E-state index in [0.717, 1.165) is 6.42 Å². The Morgan fingerprint density at radius 3 is 2.68 bits per heavy atom. The lowest BCUT2D eigenvalue weighted by atomic mass is 10.1. The number of esters is 1. The van der Waals surface area contributed by atoms with Gasteiger partial charge in [-0.05, 0) is 24.5 Å². The van der Waals surface area contributed by atoms with Crippen molar-refractivity contribution in [1.82, 2.24) is 0 Å². The van der Waals surface area contributed by atoms with Crippen molar-refractivity contribution in [3.63, 3.8) is 0 Å². The highest BCUT2D eigenvalue weighted by atomic mass is 35.5. The van der Waals surface area contributed by atoms with Crippen LogP contribution in [-0.4, -0.2) is 25.8 Å². The lowest BCUT2D eigenvalue weighted by Gasteiger charge is -2.09. The smallest absolute Gasteiger partial charge is 0.341 e. The minimum atomic E-state index is -0.518. The fraction of sp³-hybridized carbons (Fsp3) is 0.500. The summed E-state index contributed by atoms with van der Waals surface area (Å²) in [5.41, 5.74) is 6.22. The fourth-order valence-electron chi connectivity index (χ4n) is 1.44. The van der Waals surface area contributed by atoms with Crippen LogP contribution in [-0.2, 0) is 9.47 Å². The molecule has 0 aliphatic rings. The third kappa shape index (κ3) is 5.49. The van der Waals surface area contributed by atoms with Gasteiger partial charge in [0.15, 0.2) is 0 Å². The molecule has 0 spiro atoms. The largest absolute Gasteiger partial charge is 0.460 e. The number of halogens is 1. The van der Waals surface area contributed by atoms with Crippen LogP contribution in [0.1, 0.15) is 30.6 Å². The fourth-order valence-corrected chi connectivity index (χ4v) is 1.70. The number of benzene rings is 1. The molecule has 0 radical (unpaired) electrons. The van der Waals surface area contributed by atoms with E-state index >= 15 is 0 Å². The van der Waals surface area contributed by atoms with Crippen molar-refractivity contribution >= 4 is 23.3 Å². The van der Waals surface area contributed by atoms with Gasteiger partial charge in [-0.15, -0.1) is 0 Å². The number of hydrogen-bond donors (Lipinski definition) is 1. The average molecular weight is 286 g/mol. The minimum Gasteiger partial charge on any atom is -0.460 e. The summed E-state index contributed by atoms with van der Waals surface area (Å²) >= 11 is 5.91. The Morgan fingerprint density at radius 2 is 2.05 bits per heavy atom. The Hall–Kier alpha value is -1.26. The molecule has 0 saturated carbocycles. The molecule has 0 aliphatic carbocycles. The molecule has 0 atom stereocenters. The van der Waals surface area contributed by atoms with Crippen LogP contribution in [0.4, 0.5) is 5.69 Å². The molecule has 0 aliphatic heterocycles. The van der Waals surface area contributed by atoms with Crippen molar-refractivity contribution in [2.75, 3.05) is 25.6 Å². The van der Waals surface area contributed by atoms with Gasteiger partial charge in [0.1, 0.15) is 12.2 Å². The normalized spacial score (nSPS) is 10.7. The highest BCUT2D eigenvalue weighted by Crippen LogP contribution is 2.22. The van der Waals surface area contributed by atoms with Crippen LogP contribution >= 0.6 is 11.6 Å². The first kappa shape index (κ1) is 15.8. The van der Waals surface area contributed by atoms with Gasteiger partial charge in [0.2, 0.25) is 0 Å². The van der Waals surface area contributed by atoms with Crippen molar-refractivity contribution in [3.05, 3.63) is 28.8 Å². The van der Waals surface area contributed by atoms with Crippen molar-refractivity contribution in [1.29, 1.82) is 0 Å². The highest BCUT2D eigenvalue weighted by Gasteiger charge is 2.14. The van der Waals surface area contributed by atoms with E-state index in [4.69, 9.17) is 26.8 Å². The van der Waals surface area contributed by atoms with Crippen LogP contribution in [0.5, 0.6) is 0 Å². The van der Waals surface area contributed by atoms with E-state index in [1.807, 2.05) is 0 Å². The second-order valence-corrected chi connectivity index (χ2v) is 5.04. The van der Waals surface area contributed by atoms with Crippen molar-refractivity contribution in [3.8, 4) is 0 Å². The van der Waals surface area contributed by atoms with Gasteiger partial charge in [-0.25, -0.2) is 4.79 Å². The zero-order chi connectivity index (χ0) is 14.3. The van der Waals surface area contributed by atoms with E-state index in [0.29, 0.717) is 29.8 Å². The van der Waals surface area contributed by atoms with Gasteiger partial charge in [0, 0.05) is 12.3 Å². The summed E-state index contributed by atoms with van der Waals surface area (Å²) in [6, 6.07) is 4.90. The first-order chi connectivity index (χ1) is 9.02.